The fourth-order valence-corrected chi connectivity index (χ4v) is 2.26. The molecule has 2 rings (SSSR count). The van der Waals surface area contributed by atoms with Crippen LogP contribution in [0.3, 0.4) is 0 Å². The maximum atomic E-state index is 11.3. The molecule has 1 atom stereocenters. The predicted molar refractivity (Wildman–Crippen MR) is 85.0 cm³/mol. The molecule has 5 heteroatoms. The van der Waals surface area contributed by atoms with Gasteiger partial charge in [0.2, 0.25) is 5.95 Å². The third-order valence-electron chi connectivity index (χ3n) is 2.87. The number of anilines is 1. The highest BCUT2D eigenvalue weighted by atomic mass is 32.2. The van der Waals surface area contributed by atoms with Gasteiger partial charge in [-0.25, -0.2) is 9.97 Å². The van der Waals surface area contributed by atoms with Crippen molar-refractivity contribution >= 4 is 16.7 Å². The lowest BCUT2D eigenvalue weighted by Crippen LogP contribution is -2.02. The largest absolute Gasteiger partial charge is 0.368 e. The van der Waals surface area contributed by atoms with Gasteiger partial charge < -0.3 is 5.73 Å². The smallest absolute Gasteiger partial charge is 0.220 e. The van der Waals surface area contributed by atoms with Crippen LogP contribution in [0.25, 0.3) is 11.3 Å². The van der Waals surface area contributed by atoms with Crippen molar-refractivity contribution in [3.05, 3.63) is 35.5 Å². The number of hydrogen-bond donors (Lipinski definition) is 1. The van der Waals surface area contributed by atoms with Gasteiger partial charge in [0.05, 0.1) is 5.69 Å². The summed E-state index contributed by atoms with van der Waals surface area (Å²) in [5, 5.41) is 0. The van der Waals surface area contributed by atoms with Gasteiger partial charge in [0.15, 0.2) is 0 Å². The third kappa shape index (κ3) is 3.63. The number of nitrogens with zero attached hydrogens (tertiary/aromatic N) is 2. The fourth-order valence-electron chi connectivity index (χ4n) is 1.74. The molecule has 0 spiro atoms. The lowest BCUT2D eigenvalue weighted by atomic mass is 10.1. The predicted octanol–water partition coefficient (Wildman–Crippen LogP) is 3.11. The van der Waals surface area contributed by atoms with Crippen LogP contribution in [0.2, 0.25) is 0 Å². The van der Waals surface area contributed by atoms with Crippen molar-refractivity contribution in [1.82, 2.24) is 9.97 Å². The van der Waals surface area contributed by atoms with E-state index in [4.69, 9.17) is 5.73 Å². The van der Waals surface area contributed by atoms with E-state index in [0.717, 1.165) is 27.4 Å². The monoisotopic (exact) mass is 291 g/mol. The second kappa shape index (κ2) is 7.14. The molecule has 108 valence electrons. The minimum absolute atomic E-state index is 0.274. The van der Waals surface area contributed by atoms with Crippen LogP contribution in [0.4, 0.5) is 5.95 Å². The number of benzene rings is 1. The Hall–Kier alpha value is -1.75. The first-order chi connectivity index (χ1) is 9.49. The number of hydrogen-bond acceptors (Lipinski definition) is 4. The van der Waals surface area contributed by atoms with Gasteiger partial charge in [-0.3, -0.25) is 4.21 Å². The van der Waals surface area contributed by atoms with Crippen molar-refractivity contribution in [2.24, 2.45) is 0 Å². The van der Waals surface area contributed by atoms with Gasteiger partial charge in [0.1, 0.15) is 0 Å². The molecule has 0 saturated carbocycles. The Bertz CT molecular complexity index is 609. The number of rotatable bonds is 2. The summed E-state index contributed by atoms with van der Waals surface area (Å²) >= 11 is 0. The van der Waals surface area contributed by atoms with Crippen molar-refractivity contribution in [1.29, 1.82) is 0 Å². The molecule has 2 aromatic rings. The standard InChI is InChI=1S/C13H15N3OS.C2H6/c1-8-9(2)15-13(14)16-12(8)10-4-6-11(7-5-10)18(3)17;1-2/h4-7H,1-3H3,(H2,14,15,16);1-2H3. The van der Waals surface area contributed by atoms with Crippen LogP contribution in [0.1, 0.15) is 25.1 Å². The Labute approximate surface area is 122 Å². The molecule has 0 saturated heterocycles. The quantitative estimate of drug-likeness (QED) is 0.923. The van der Waals surface area contributed by atoms with E-state index in [0.29, 0.717) is 0 Å². The van der Waals surface area contributed by atoms with Gasteiger partial charge in [0, 0.05) is 33.2 Å². The van der Waals surface area contributed by atoms with Crippen molar-refractivity contribution in [3.63, 3.8) is 0 Å². The number of nitrogen functional groups attached to an aromatic ring is 1. The molecule has 1 heterocycles. The van der Waals surface area contributed by atoms with Crippen LogP contribution >= 0.6 is 0 Å². The molecule has 20 heavy (non-hydrogen) atoms. The van der Waals surface area contributed by atoms with E-state index in [1.165, 1.54) is 0 Å². The average molecular weight is 291 g/mol. The summed E-state index contributed by atoms with van der Waals surface area (Å²) in [6.07, 6.45) is 1.66. The third-order valence-corrected chi connectivity index (χ3v) is 3.80. The summed E-state index contributed by atoms with van der Waals surface area (Å²) in [6.45, 7) is 7.88. The molecule has 0 aliphatic carbocycles. The van der Waals surface area contributed by atoms with Crippen LogP contribution in [0.15, 0.2) is 29.2 Å². The topological polar surface area (TPSA) is 68.9 Å². The van der Waals surface area contributed by atoms with E-state index in [2.05, 4.69) is 9.97 Å². The molecule has 1 aromatic carbocycles. The van der Waals surface area contributed by atoms with E-state index in [1.807, 2.05) is 52.0 Å². The molecule has 0 aliphatic rings. The Morgan fingerprint density at radius 1 is 1.05 bits per heavy atom. The molecular formula is C15H21N3OS. The zero-order valence-corrected chi connectivity index (χ0v) is 13.4. The first-order valence-corrected chi connectivity index (χ1v) is 8.09. The van der Waals surface area contributed by atoms with Crippen LogP contribution in [-0.2, 0) is 10.8 Å². The van der Waals surface area contributed by atoms with Gasteiger partial charge >= 0.3 is 0 Å². The normalized spacial score (nSPS) is 11.4. The van der Waals surface area contributed by atoms with E-state index in [1.54, 1.807) is 6.26 Å². The lowest BCUT2D eigenvalue weighted by molar-refractivity contribution is 0.687. The van der Waals surface area contributed by atoms with Gasteiger partial charge in [-0.1, -0.05) is 26.0 Å². The molecule has 0 fully saturated rings. The molecule has 0 amide bonds. The zero-order valence-electron chi connectivity index (χ0n) is 12.6. The average Bonchev–Trinajstić information content (AvgIpc) is 2.45. The minimum atomic E-state index is -0.965. The van der Waals surface area contributed by atoms with Crippen molar-refractivity contribution in [2.45, 2.75) is 32.6 Å². The van der Waals surface area contributed by atoms with Gasteiger partial charge in [0.25, 0.3) is 0 Å². The molecule has 0 radical (unpaired) electrons. The maximum Gasteiger partial charge on any atom is 0.220 e. The zero-order chi connectivity index (χ0) is 15.3. The van der Waals surface area contributed by atoms with Crippen molar-refractivity contribution in [2.75, 3.05) is 12.0 Å². The molecule has 0 aliphatic heterocycles. The summed E-state index contributed by atoms with van der Waals surface area (Å²) in [5.74, 6) is 0.274. The van der Waals surface area contributed by atoms with E-state index < -0.39 is 10.8 Å². The Kier molecular flexibility index (Phi) is 5.82. The molecular weight excluding hydrogens is 270 g/mol. The molecule has 0 bridgehead atoms. The fraction of sp³-hybridized carbons (Fsp3) is 0.333. The van der Waals surface area contributed by atoms with Crippen LogP contribution in [0.5, 0.6) is 0 Å². The highest BCUT2D eigenvalue weighted by Gasteiger charge is 2.09. The van der Waals surface area contributed by atoms with Gasteiger partial charge in [-0.15, -0.1) is 0 Å². The van der Waals surface area contributed by atoms with Gasteiger partial charge in [-0.2, -0.15) is 0 Å². The summed E-state index contributed by atoms with van der Waals surface area (Å²) in [7, 11) is -0.965. The van der Waals surface area contributed by atoms with Crippen molar-refractivity contribution < 1.29 is 4.21 Å². The Balaban J connectivity index is 0.000000956. The second-order valence-electron chi connectivity index (χ2n) is 4.12. The highest BCUT2D eigenvalue weighted by molar-refractivity contribution is 7.84. The van der Waals surface area contributed by atoms with Gasteiger partial charge in [-0.05, 0) is 31.5 Å². The lowest BCUT2D eigenvalue weighted by Gasteiger charge is -2.08. The Morgan fingerprint density at radius 3 is 2.10 bits per heavy atom. The molecule has 1 aromatic heterocycles. The number of nitrogens with two attached hydrogens (primary N) is 1. The number of aryl methyl sites for hydroxylation is 1. The summed E-state index contributed by atoms with van der Waals surface area (Å²) in [4.78, 5) is 9.19. The Morgan fingerprint density at radius 2 is 1.60 bits per heavy atom. The van der Waals surface area contributed by atoms with Crippen LogP contribution < -0.4 is 5.73 Å². The summed E-state index contributed by atoms with van der Waals surface area (Å²) in [5.41, 5.74) is 9.34. The first kappa shape index (κ1) is 16.3. The van der Waals surface area contributed by atoms with Crippen LogP contribution in [0, 0.1) is 13.8 Å². The minimum Gasteiger partial charge on any atom is -0.368 e. The van der Waals surface area contributed by atoms with Crippen LogP contribution in [-0.4, -0.2) is 20.4 Å². The van der Waals surface area contributed by atoms with Crippen molar-refractivity contribution in [3.8, 4) is 11.3 Å². The maximum absolute atomic E-state index is 11.3. The molecule has 2 N–H and O–H groups in total. The highest BCUT2D eigenvalue weighted by Crippen LogP contribution is 2.24. The van der Waals surface area contributed by atoms with E-state index in [-0.39, 0.29) is 5.95 Å². The number of aromatic nitrogens is 2. The molecule has 1 unspecified atom stereocenters. The first-order valence-electron chi connectivity index (χ1n) is 6.53. The second-order valence-corrected chi connectivity index (χ2v) is 5.50. The molecule has 4 nitrogen and oxygen atoms in total. The van der Waals surface area contributed by atoms with E-state index in [9.17, 15) is 4.21 Å². The van der Waals surface area contributed by atoms with E-state index >= 15 is 0 Å². The SMILES string of the molecule is CC.Cc1nc(N)nc(-c2ccc(S(C)=O)cc2)c1C. The summed E-state index contributed by atoms with van der Waals surface area (Å²) < 4.78 is 11.3. The summed E-state index contributed by atoms with van der Waals surface area (Å²) in [6, 6.07) is 7.51.